The quantitative estimate of drug-likeness (QED) is 0.310. The second-order valence-corrected chi connectivity index (χ2v) is 9.65. The number of likely N-dealkylation sites (tertiary alicyclic amines) is 1. The van der Waals surface area contributed by atoms with Gasteiger partial charge in [-0.2, -0.15) is 0 Å². The van der Waals surface area contributed by atoms with E-state index in [4.69, 9.17) is 5.41 Å². The summed E-state index contributed by atoms with van der Waals surface area (Å²) in [5, 5.41) is 14.6. The van der Waals surface area contributed by atoms with Crippen LogP contribution in [0.15, 0.2) is 0 Å². The van der Waals surface area contributed by atoms with E-state index in [1.807, 2.05) is 0 Å². The predicted octanol–water partition coefficient (Wildman–Crippen LogP) is 4.43. The molecule has 0 amide bonds. The van der Waals surface area contributed by atoms with Gasteiger partial charge in [0.25, 0.3) is 0 Å². The second kappa shape index (κ2) is 10.5. The lowest BCUT2D eigenvalue weighted by Crippen LogP contribution is -2.46. The molecule has 4 bridgehead atoms. The number of nitrogens with zero attached hydrogens (tertiary/aromatic N) is 1. The Kier molecular flexibility index (Phi) is 9.02. The van der Waals surface area contributed by atoms with E-state index in [0.717, 1.165) is 37.3 Å². The molecule has 1 saturated heterocycles. The Hall–Kier alpha value is -0.190. The molecule has 0 aromatic rings. The molecule has 4 saturated carbocycles. The molecule has 0 atom stereocenters. The van der Waals surface area contributed by atoms with Gasteiger partial charge in [-0.3, -0.25) is 5.41 Å². The molecule has 1 aliphatic heterocycles. The first kappa shape index (κ1) is 23.1. The number of halogens is 2. The smallest absolute Gasteiger partial charge is 0.188 e. The Labute approximate surface area is 178 Å². The Bertz CT molecular complexity index is 430. The minimum absolute atomic E-state index is 0. The maximum atomic E-state index is 8.04. The van der Waals surface area contributed by atoms with Gasteiger partial charge in [0, 0.05) is 13.1 Å². The van der Waals surface area contributed by atoms with Crippen molar-refractivity contribution in [1.29, 1.82) is 5.41 Å². The Balaban J connectivity index is 0.00000131. The van der Waals surface area contributed by atoms with Crippen LogP contribution in [0, 0.1) is 28.6 Å². The van der Waals surface area contributed by atoms with Crippen LogP contribution in [0.1, 0.15) is 70.6 Å². The van der Waals surface area contributed by atoms with E-state index < -0.39 is 0 Å². The van der Waals surface area contributed by atoms with Gasteiger partial charge in [0.15, 0.2) is 5.96 Å². The van der Waals surface area contributed by atoms with E-state index in [2.05, 4.69) is 15.5 Å². The molecule has 5 rings (SSSR count). The van der Waals surface area contributed by atoms with Gasteiger partial charge in [-0.1, -0.05) is 0 Å². The summed E-state index contributed by atoms with van der Waals surface area (Å²) in [5.41, 5.74) is 0.696. The lowest BCUT2D eigenvalue weighted by molar-refractivity contribution is -0.0578. The van der Waals surface area contributed by atoms with E-state index in [0.29, 0.717) is 11.4 Å². The summed E-state index contributed by atoms with van der Waals surface area (Å²) in [6.07, 6.45) is 15.7. The van der Waals surface area contributed by atoms with Crippen LogP contribution >= 0.6 is 24.8 Å². The molecule has 0 unspecified atom stereocenters. The van der Waals surface area contributed by atoms with Gasteiger partial charge >= 0.3 is 0 Å². The Morgan fingerprint density at radius 2 is 1.37 bits per heavy atom. The molecule has 1 heterocycles. The predicted molar refractivity (Wildman–Crippen MR) is 118 cm³/mol. The van der Waals surface area contributed by atoms with Gasteiger partial charge in [-0.05, 0) is 113 Å². The largest absolute Gasteiger partial charge is 0.357 e. The third kappa shape index (κ3) is 6.14. The molecule has 4 aliphatic carbocycles. The lowest BCUT2D eigenvalue weighted by Gasteiger charge is -2.57. The van der Waals surface area contributed by atoms with E-state index >= 15 is 0 Å². The SMILES string of the molecule is Cl.Cl.N=C(NCCCN1CCCC1)NCCCC12CC3CC(CC(C3)C1)C2. The van der Waals surface area contributed by atoms with Crippen LogP contribution in [-0.2, 0) is 0 Å². The molecule has 27 heavy (non-hydrogen) atoms. The highest BCUT2D eigenvalue weighted by atomic mass is 35.5. The van der Waals surface area contributed by atoms with Crippen LogP contribution < -0.4 is 10.6 Å². The molecule has 0 aromatic heterocycles. The van der Waals surface area contributed by atoms with Crippen LogP contribution in [0.4, 0.5) is 0 Å². The number of hydrogen-bond acceptors (Lipinski definition) is 2. The average molecular weight is 419 g/mol. The van der Waals surface area contributed by atoms with Crippen molar-refractivity contribution < 1.29 is 0 Å². The summed E-state index contributed by atoms with van der Waals surface area (Å²) in [4.78, 5) is 2.55. The van der Waals surface area contributed by atoms with Crippen molar-refractivity contribution in [3.8, 4) is 0 Å². The molecule has 0 spiro atoms. The van der Waals surface area contributed by atoms with E-state index in [1.165, 1.54) is 64.6 Å². The fraction of sp³-hybridized carbons (Fsp3) is 0.952. The maximum absolute atomic E-state index is 8.04. The normalized spacial score (nSPS) is 34.0. The van der Waals surface area contributed by atoms with Crippen molar-refractivity contribution in [2.24, 2.45) is 23.2 Å². The summed E-state index contributed by atoms with van der Waals surface area (Å²) in [6, 6.07) is 0. The third-order valence-electron chi connectivity index (χ3n) is 7.50. The average Bonchev–Trinajstić information content (AvgIpc) is 3.08. The number of rotatable bonds is 8. The molecule has 158 valence electrons. The summed E-state index contributed by atoms with van der Waals surface area (Å²) < 4.78 is 0. The first-order valence-electron chi connectivity index (χ1n) is 11.0. The fourth-order valence-electron chi connectivity index (χ4n) is 6.86. The Morgan fingerprint density at radius 3 is 1.93 bits per heavy atom. The first-order valence-corrected chi connectivity index (χ1v) is 11.0. The van der Waals surface area contributed by atoms with Crippen molar-refractivity contribution in [1.82, 2.24) is 15.5 Å². The van der Waals surface area contributed by atoms with E-state index in [9.17, 15) is 0 Å². The van der Waals surface area contributed by atoms with Gasteiger partial charge < -0.3 is 15.5 Å². The molecule has 5 aliphatic rings. The van der Waals surface area contributed by atoms with Crippen LogP contribution in [0.5, 0.6) is 0 Å². The van der Waals surface area contributed by atoms with Crippen LogP contribution in [-0.4, -0.2) is 43.6 Å². The van der Waals surface area contributed by atoms with E-state index in [1.54, 1.807) is 19.3 Å². The van der Waals surface area contributed by atoms with Crippen LogP contribution in [0.2, 0.25) is 0 Å². The molecule has 3 N–H and O–H groups in total. The molecule has 0 radical (unpaired) electrons. The standard InChI is InChI=1S/C21H38N4.2ClH/c22-20(24-7-4-10-25-8-1-2-9-25)23-6-3-5-21-14-17-11-18(15-21)13-19(12-17)16-21;;/h17-19H,1-16H2,(H3,22,23,24);2*1H. The topological polar surface area (TPSA) is 51.2 Å². The third-order valence-corrected chi connectivity index (χ3v) is 7.50. The number of nitrogens with one attached hydrogen (secondary N) is 3. The Morgan fingerprint density at radius 1 is 0.852 bits per heavy atom. The zero-order chi connectivity index (χ0) is 17.1. The van der Waals surface area contributed by atoms with Crippen molar-refractivity contribution in [3.05, 3.63) is 0 Å². The summed E-state index contributed by atoms with van der Waals surface area (Å²) in [6.45, 7) is 5.64. The van der Waals surface area contributed by atoms with Crippen LogP contribution in [0.3, 0.4) is 0 Å². The van der Waals surface area contributed by atoms with Gasteiger partial charge in [-0.15, -0.1) is 24.8 Å². The number of guanidine groups is 1. The van der Waals surface area contributed by atoms with Gasteiger partial charge in [0.2, 0.25) is 0 Å². The maximum Gasteiger partial charge on any atom is 0.188 e. The minimum atomic E-state index is 0. The molecule has 5 fully saturated rings. The van der Waals surface area contributed by atoms with Crippen molar-refractivity contribution in [2.75, 3.05) is 32.7 Å². The zero-order valence-corrected chi connectivity index (χ0v) is 18.4. The van der Waals surface area contributed by atoms with Gasteiger partial charge in [0.1, 0.15) is 0 Å². The highest BCUT2D eigenvalue weighted by Gasteiger charge is 2.50. The van der Waals surface area contributed by atoms with Crippen molar-refractivity contribution in [3.63, 3.8) is 0 Å². The van der Waals surface area contributed by atoms with E-state index in [-0.39, 0.29) is 24.8 Å². The minimum Gasteiger partial charge on any atom is -0.357 e. The van der Waals surface area contributed by atoms with Gasteiger partial charge in [-0.25, -0.2) is 0 Å². The fourth-order valence-corrected chi connectivity index (χ4v) is 6.86. The summed E-state index contributed by atoms with van der Waals surface area (Å²) >= 11 is 0. The molecular formula is C21H40Cl2N4. The molecular weight excluding hydrogens is 379 g/mol. The lowest BCUT2D eigenvalue weighted by atomic mass is 9.48. The highest BCUT2D eigenvalue weighted by Crippen LogP contribution is 2.61. The molecule has 6 heteroatoms. The molecule has 0 aromatic carbocycles. The molecule has 4 nitrogen and oxygen atoms in total. The van der Waals surface area contributed by atoms with Crippen molar-refractivity contribution in [2.45, 2.75) is 70.6 Å². The summed E-state index contributed by atoms with van der Waals surface area (Å²) in [5.74, 6) is 3.73. The highest BCUT2D eigenvalue weighted by molar-refractivity contribution is 5.85. The zero-order valence-electron chi connectivity index (χ0n) is 16.8. The first-order chi connectivity index (χ1) is 12.2. The van der Waals surface area contributed by atoms with Crippen molar-refractivity contribution >= 4 is 30.8 Å². The van der Waals surface area contributed by atoms with Gasteiger partial charge in [0.05, 0.1) is 0 Å². The monoisotopic (exact) mass is 418 g/mol. The summed E-state index contributed by atoms with van der Waals surface area (Å²) in [7, 11) is 0. The number of hydrogen-bond donors (Lipinski definition) is 3. The van der Waals surface area contributed by atoms with Crippen LogP contribution in [0.25, 0.3) is 0 Å². The second-order valence-electron chi connectivity index (χ2n) is 9.65.